The number of carboxylic acid groups (broad SMARTS) is 1. The number of anilines is 1. The van der Waals surface area contributed by atoms with Crippen molar-refractivity contribution in [3.63, 3.8) is 0 Å². The quantitative estimate of drug-likeness (QED) is 0.794. The van der Waals surface area contributed by atoms with Crippen LogP contribution in [-0.2, 0) is 4.79 Å². The molecule has 20 heavy (non-hydrogen) atoms. The molecule has 1 aromatic rings. The van der Waals surface area contributed by atoms with Gasteiger partial charge in [0.25, 0.3) is 0 Å². The molecule has 112 valence electrons. The predicted octanol–water partition coefficient (Wildman–Crippen LogP) is 3.00. The molecule has 0 saturated carbocycles. The maximum atomic E-state index is 11.5. The highest BCUT2D eigenvalue weighted by Gasteiger charge is 2.25. The van der Waals surface area contributed by atoms with Crippen LogP contribution in [0.4, 0.5) is 5.69 Å². The van der Waals surface area contributed by atoms with E-state index in [1.165, 1.54) is 0 Å². The topological polar surface area (TPSA) is 43.8 Å². The van der Waals surface area contributed by atoms with Crippen LogP contribution >= 0.6 is 0 Å². The van der Waals surface area contributed by atoms with Gasteiger partial charge in [0.05, 0.1) is 0 Å². The van der Waals surface area contributed by atoms with E-state index in [4.69, 9.17) is 0 Å². The summed E-state index contributed by atoms with van der Waals surface area (Å²) < 4.78 is 0. The molecule has 0 fully saturated rings. The third kappa shape index (κ3) is 3.73. The molecule has 0 aliphatic heterocycles. The van der Waals surface area contributed by atoms with E-state index < -0.39 is 12.0 Å². The summed E-state index contributed by atoms with van der Waals surface area (Å²) in [7, 11) is 0. The van der Waals surface area contributed by atoms with Gasteiger partial charge in [0.15, 0.2) is 0 Å². The fourth-order valence-corrected chi connectivity index (χ4v) is 2.55. The standard InChI is InChI=1S/C16H26N2O2/c1-5-17(6-2)14-11-9-13(10-12-14)15(16(19)20)18(7-3)8-4/h9-12,15H,5-8H2,1-4H3,(H,19,20). The average Bonchev–Trinajstić information content (AvgIpc) is 2.46. The Balaban J connectivity index is 3.02. The van der Waals surface area contributed by atoms with Gasteiger partial charge in [-0.1, -0.05) is 26.0 Å². The molecule has 0 radical (unpaired) electrons. The van der Waals surface area contributed by atoms with Crippen LogP contribution in [0.3, 0.4) is 0 Å². The van der Waals surface area contributed by atoms with E-state index in [2.05, 4.69) is 18.7 Å². The van der Waals surface area contributed by atoms with Gasteiger partial charge in [0.2, 0.25) is 0 Å². The lowest BCUT2D eigenvalue weighted by Crippen LogP contribution is -2.33. The van der Waals surface area contributed by atoms with Gasteiger partial charge in [-0.3, -0.25) is 9.69 Å². The molecule has 0 aromatic heterocycles. The number of carbonyl (C=O) groups is 1. The molecular formula is C16H26N2O2. The van der Waals surface area contributed by atoms with Gasteiger partial charge in [-0.25, -0.2) is 0 Å². The first-order chi connectivity index (χ1) is 9.58. The van der Waals surface area contributed by atoms with Gasteiger partial charge in [-0.15, -0.1) is 0 Å². The molecule has 0 spiro atoms. The molecule has 0 bridgehead atoms. The van der Waals surface area contributed by atoms with Gasteiger partial charge in [-0.2, -0.15) is 0 Å². The second-order valence-electron chi connectivity index (χ2n) is 4.73. The van der Waals surface area contributed by atoms with Crippen LogP contribution < -0.4 is 4.90 Å². The van der Waals surface area contributed by atoms with Crippen LogP contribution in [0.2, 0.25) is 0 Å². The van der Waals surface area contributed by atoms with Crippen molar-refractivity contribution >= 4 is 11.7 Å². The molecule has 0 heterocycles. The highest BCUT2D eigenvalue weighted by molar-refractivity contribution is 5.75. The summed E-state index contributed by atoms with van der Waals surface area (Å²) in [5, 5.41) is 9.48. The van der Waals surface area contributed by atoms with Crippen LogP contribution in [-0.4, -0.2) is 42.2 Å². The highest BCUT2D eigenvalue weighted by atomic mass is 16.4. The Morgan fingerprint density at radius 1 is 1.00 bits per heavy atom. The number of aliphatic carboxylic acids is 1. The summed E-state index contributed by atoms with van der Waals surface area (Å²) in [6, 6.07) is 7.34. The Labute approximate surface area is 122 Å². The second kappa shape index (κ2) is 7.90. The van der Waals surface area contributed by atoms with E-state index in [9.17, 15) is 9.90 Å². The van der Waals surface area contributed by atoms with Crippen molar-refractivity contribution in [2.75, 3.05) is 31.1 Å². The van der Waals surface area contributed by atoms with Crippen molar-refractivity contribution in [3.05, 3.63) is 29.8 Å². The molecule has 1 rings (SSSR count). The normalized spacial score (nSPS) is 12.4. The zero-order chi connectivity index (χ0) is 15.1. The molecule has 4 heteroatoms. The first kappa shape index (κ1) is 16.5. The minimum absolute atomic E-state index is 0.559. The Hall–Kier alpha value is -1.55. The Morgan fingerprint density at radius 3 is 1.85 bits per heavy atom. The van der Waals surface area contributed by atoms with Crippen LogP contribution in [0.5, 0.6) is 0 Å². The highest BCUT2D eigenvalue weighted by Crippen LogP contribution is 2.24. The third-order valence-electron chi connectivity index (χ3n) is 3.75. The third-order valence-corrected chi connectivity index (χ3v) is 3.75. The lowest BCUT2D eigenvalue weighted by atomic mass is 10.0. The van der Waals surface area contributed by atoms with E-state index >= 15 is 0 Å². The minimum atomic E-state index is -0.788. The van der Waals surface area contributed by atoms with Crippen molar-refractivity contribution in [2.45, 2.75) is 33.7 Å². The molecule has 4 nitrogen and oxygen atoms in total. The number of likely N-dealkylation sites (N-methyl/N-ethyl adjacent to an activating group) is 1. The molecule has 1 N–H and O–H groups in total. The van der Waals surface area contributed by atoms with Crippen LogP contribution in [0.1, 0.15) is 39.3 Å². The number of carboxylic acids is 1. The summed E-state index contributed by atoms with van der Waals surface area (Å²) in [5.74, 6) is -0.788. The van der Waals surface area contributed by atoms with Gasteiger partial charge in [-0.05, 0) is 44.6 Å². The maximum absolute atomic E-state index is 11.5. The van der Waals surface area contributed by atoms with Crippen molar-refractivity contribution in [2.24, 2.45) is 0 Å². The smallest absolute Gasteiger partial charge is 0.325 e. The first-order valence-electron chi connectivity index (χ1n) is 7.40. The lowest BCUT2D eigenvalue weighted by molar-refractivity contribution is -0.143. The first-order valence-corrected chi connectivity index (χ1v) is 7.40. The Bertz CT molecular complexity index is 409. The van der Waals surface area contributed by atoms with E-state index in [1.54, 1.807) is 0 Å². The number of hydrogen-bond acceptors (Lipinski definition) is 3. The Morgan fingerprint density at radius 2 is 1.50 bits per heavy atom. The molecule has 1 unspecified atom stereocenters. The number of hydrogen-bond donors (Lipinski definition) is 1. The maximum Gasteiger partial charge on any atom is 0.325 e. The minimum Gasteiger partial charge on any atom is -0.480 e. The van der Waals surface area contributed by atoms with Crippen molar-refractivity contribution in [1.82, 2.24) is 4.90 Å². The number of nitrogens with zero attached hydrogens (tertiary/aromatic N) is 2. The van der Waals surface area contributed by atoms with E-state index in [-0.39, 0.29) is 0 Å². The van der Waals surface area contributed by atoms with Gasteiger partial charge < -0.3 is 10.0 Å². The van der Waals surface area contributed by atoms with Gasteiger partial charge >= 0.3 is 5.97 Å². The van der Waals surface area contributed by atoms with Crippen LogP contribution in [0.25, 0.3) is 0 Å². The van der Waals surface area contributed by atoms with Crippen LogP contribution in [0, 0.1) is 0 Å². The summed E-state index contributed by atoms with van der Waals surface area (Å²) >= 11 is 0. The second-order valence-corrected chi connectivity index (χ2v) is 4.73. The number of rotatable bonds is 8. The monoisotopic (exact) mass is 278 g/mol. The fourth-order valence-electron chi connectivity index (χ4n) is 2.55. The molecule has 0 aliphatic carbocycles. The summed E-state index contributed by atoms with van der Waals surface area (Å²) in [6.07, 6.45) is 0. The molecule has 0 amide bonds. The summed E-state index contributed by atoms with van der Waals surface area (Å²) in [6.45, 7) is 11.6. The van der Waals surface area contributed by atoms with E-state index in [1.807, 2.05) is 43.0 Å². The lowest BCUT2D eigenvalue weighted by Gasteiger charge is -2.27. The van der Waals surface area contributed by atoms with Crippen molar-refractivity contribution in [1.29, 1.82) is 0 Å². The van der Waals surface area contributed by atoms with Gasteiger partial charge in [0, 0.05) is 18.8 Å². The van der Waals surface area contributed by atoms with Crippen molar-refractivity contribution < 1.29 is 9.90 Å². The SMILES string of the molecule is CCN(CC)c1ccc(C(C(=O)O)N(CC)CC)cc1. The average molecular weight is 278 g/mol. The van der Waals surface area contributed by atoms with Crippen molar-refractivity contribution in [3.8, 4) is 0 Å². The molecular weight excluding hydrogens is 252 g/mol. The summed E-state index contributed by atoms with van der Waals surface area (Å²) in [5.41, 5.74) is 1.99. The van der Waals surface area contributed by atoms with Gasteiger partial charge in [0.1, 0.15) is 6.04 Å². The number of benzene rings is 1. The molecule has 1 atom stereocenters. The van der Waals surface area contributed by atoms with E-state index in [0.29, 0.717) is 0 Å². The molecule has 1 aromatic carbocycles. The molecule has 0 saturated heterocycles. The molecule has 0 aliphatic rings. The summed E-state index contributed by atoms with van der Waals surface area (Å²) in [4.78, 5) is 15.7. The largest absolute Gasteiger partial charge is 0.480 e. The van der Waals surface area contributed by atoms with Crippen LogP contribution in [0.15, 0.2) is 24.3 Å². The fraction of sp³-hybridized carbons (Fsp3) is 0.562. The van der Waals surface area contributed by atoms with E-state index in [0.717, 1.165) is 37.4 Å². The Kier molecular flexibility index (Phi) is 6.52. The zero-order valence-electron chi connectivity index (χ0n) is 13.0. The predicted molar refractivity (Wildman–Crippen MR) is 83.3 cm³/mol. The zero-order valence-corrected chi connectivity index (χ0v) is 13.0.